The van der Waals surface area contributed by atoms with E-state index in [0.29, 0.717) is 16.1 Å². The highest BCUT2D eigenvalue weighted by Crippen LogP contribution is 2.25. The molecule has 0 fully saturated rings. The molecular weight excluding hydrogens is 290 g/mol. The van der Waals surface area contributed by atoms with Crippen LogP contribution in [0.2, 0.25) is 5.02 Å². The third kappa shape index (κ3) is 2.06. The van der Waals surface area contributed by atoms with Gasteiger partial charge in [-0.25, -0.2) is 9.78 Å². The minimum atomic E-state index is -0.395. The second-order valence-corrected chi connectivity index (χ2v) is 5.21. The molecule has 21 heavy (non-hydrogen) atoms. The van der Waals surface area contributed by atoms with E-state index in [1.807, 2.05) is 12.1 Å². The highest BCUT2D eigenvalue weighted by atomic mass is 35.5. The Kier molecular flexibility index (Phi) is 3.14. The molecule has 0 aliphatic heterocycles. The van der Waals surface area contributed by atoms with E-state index in [4.69, 9.17) is 11.6 Å². The molecule has 0 aliphatic rings. The van der Waals surface area contributed by atoms with Gasteiger partial charge < -0.3 is 0 Å². The third-order valence-corrected chi connectivity index (χ3v) is 3.75. The van der Waals surface area contributed by atoms with Gasteiger partial charge in [0.25, 0.3) is 5.56 Å². The maximum Gasteiger partial charge on any atom is 0.332 e. The molecule has 106 valence electrons. The summed E-state index contributed by atoms with van der Waals surface area (Å²) in [7, 11) is 3.06. The fourth-order valence-electron chi connectivity index (χ4n) is 2.36. The highest BCUT2D eigenvalue weighted by molar-refractivity contribution is 6.30. The van der Waals surface area contributed by atoms with Crippen molar-refractivity contribution < 1.29 is 0 Å². The van der Waals surface area contributed by atoms with E-state index >= 15 is 0 Å². The molecule has 2 heterocycles. The number of nitrogens with zero attached hydrogens (tertiary/aromatic N) is 3. The molecule has 1 aromatic carbocycles. The normalized spacial score (nSPS) is 11.0. The molecule has 0 amide bonds. The van der Waals surface area contributed by atoms with Gasteiger partial charge in [-0.1, -0.05) is 23.7 Å². The molecule has 2 aromatic heterocycles. The zero-order chi connectivity index (χ0) is 15.1. The molecule has 6 heteroatoms. The van der Waals surface area contributed by atoms with Crippen molar-refractivity contribution in [3.8, 4) is 11.1 Å². The van der Waals surface area contributed by atoms with E-state index < -0.39 is 5.69 Å². The third-order valence-electron chi connectivity index (χ3n) is 3.50. The summed E-state index contributed by atoms with van der Waals surface area (Å²) < 4.78 is 2.46. The predicted molar refractivity (Wildman–Crippen MR) is 82.7 cm³/mol. The van der Waals surface area contributed by atoms with Gasteiger partial charge in [-0.15, -0.1) is 0 Å². The molecule has 0 bridgehead atoms. The van der Waals surface area contributed by atoms with Crippen molar-refractivity contribution in [2.24, 2.45) is 14.1 Å². The monoisotopic (exact) mass is 301 g/mol. The van der Waals surface area contributed by atoms with Gasteiger partial charge in [0.15, 0.2) is 0 Å². The lowest BCUT2D eigenvalue weighted by Crippen LogP contribution is -2.37. The Labute approximate surface area is 125 Å². The predicted octanol–water partition coefficient (Wildman–Crippen LogP) is 1.95. The van der Waals surface area contributed by atoms with Crippen LogP contribution < -0.4 is 11.2 Å². The summed E-state index contributed by atoms with van der Waals surface area (Å²) in [6.45, 7) is 0. The quantitative estimate of drug-likeness (QED) is 0.690. The van der Waals surface area contributed by atoms with Gasteiger partial charge in [0.2, 0.25) is 0 Å². The molecule has 0 unspecified atom stereocenters. The average Bonchev–Trinajstić information content (AvgIpc) is 2.51. The fourth-order valence-corrected chi connectivity index (χ4v) is 2.48. The first kappa shape index (κ1) is 13.6. The number of benzene rings is 1. The van der Waals surface area contributed by atoms with Gasteiger partial charge in [0, 0.05) is 25.3 Å². The first-order valence-corrected chi connectivity index (χ1v) is 6.69. The Bertz CT molecular complexity index is 956. The second-order valence-electron chi connectivity index (χ2n) is 4.77. The molecule has 0 N–H and O–H groups in total. The minimum Gasteiger partial charge on any atom is -0.280 e. The van der Waals surface area contributed by atoms with Crippen LogP contribution >= 0.6 is 11.6 Å². The van der Waals surface area contributed by atoms with Crippen LogP contribution in [-0.2, 0) is 14.1 Å². The number of aromatic nitrogens is 3. The lowest BCUT2D eigenvalue weighted by Gasteiger charge is -2.10. The summed E-state index contributed by atoms with van der Waals surface area (Å²) in [6, 6.07) is 8.95. The number of rotatable bonds is 1. The van der Waals surface area contributed by atoms with Gasteiger partial charge in [0.05, 0.1) is 5.39 Å². The number of aryl methyl sites for hydroxylation is 1. The van der Waals surface area contributed by atoms with Crippen molar-refractivity contribution in [3.63, 3.8) is 0 Å². The molecule has 3 rings (SSSR count). The number of hydrogen-bond acceptors (Lipinski definition) is 3. The zero-order valence-electron chi connectivity index (χ0n) is 11.5. The van der Waals surface area contributed by atoms with Gasteiger partial charge in [-0.3, -0.25) is 13.9 Å². The van der Waals surface area contributed by atoms with Gasteiger partial charge in [-0.2, -0.15) is 0 Å². The smallest absolute Gasteiger partial charge is 0.280 e. The zero-order valence-corrected chi connectivity index (χ0v) is 12.3. The SMILES string of the molecule is Cn1c(=O)c2c(-c3ccc(Cl)cc3)ccnc2n(C)c1=O. The maximum atomic E-state index is 12.4. The van der Waals surface area contributed by atoms with Crippen LogP contribution in [0.1, 0.15) is 0 Å². The molecule has 0 saturated carbocycles. The van der Waals surface area contributed by atoms with Crippen LogP contribution in [0.4, 0.5) is 0 Å². The minimum absolute atomic E-state index is 0.355. The number of fused-ring (bicyclic) bond motifs is 1. The Balaban J connectivity index is 2.48. The Hall–Kier alpha value is -2.40. The van der Waals surface area contributed by atoms with Crippen LogP contribution in [0, 0.1) is 0 Å². The number of halogens is 1. The van der Waals surface area contributed by atoms with Crippen molar-refractivity contribution in [1.82, 2.24) is 14.1 Å². The van der Waals surface area contributed by atoms with Crippen LogP contribution in [0.5, 0.6) is 0 Å². The Morgan fingerprint density at radius 1 is 1.00 bits per heavy atom. The van der Waals surface area contributed by atoms with E-state index in [2.05, 4.69) is 4.98 Å². The molecule has 3 aromatic rings. The summed E-state index contributed by atoms with van der Waals surface area (Å²) in [5.74, 6) is 0. The fraction of sp³-hybridized carbons (Fsp3) is 0.133. The summed E-state index contributed by atoms with van der Waals surface area (Å²) in [5, 5.41) is 1.04. The van der Waals surface area contributed by atoms with E-state index in [1.54, 1.807) is 31.4 Å². The topological polar surface area (TPSA) is 56.9 Å². The molecular formula is C15H12ClN3O2. The summed E-state index contributed by atoms with van der Waals surface area (Å²) >= 11 is 5.90. The molecule has 5 nitrogen and oxygen atoms in total. The molecule has 0 saturated heterocycles. The Morgan fingerprint density at radius 2 is 1.67 bits per heavy atom. The Morgan fingerprint density at radius 3 is 2.33 bits per heavy atom. The van der Waals surface area contributed by atoms with Gasteiger partial charge in [0.1, 0.15) is 5.65 Å². The molecule has 0 aliphatic carbocycles. The van der Waals surface area contributed by atoms with Crippen LogP contribution in [0.3, 0.4) is 0 Å². The maximum absolute atomic E-state index is 12.4. The lowest BCUT2D eigenvalue weighted by molar-refractivity contribution is 0.708. The second kappa shape index (κ2) is 4.86. The molecule has 0 atom stereocenters. The molecule has 0 spiro atoms. The van der Waals surface area contributed by atoms with E-state index in [1.165, 1.54) is 11.6 Å². The number of pyridine rings is 1. The lowest BCUT2D eigenvalue weighted by atomic mass is 10.0. The van der Waals surface area contributed by atoms with Gasteiger partial charge >= 0.3 is 5.69 Å². The van der Waals surface area contributed by atoms with Crippen LogP contribution in [-0.4, -0.2) is 14.1 Å². The van der Waals surface area contributed by atoms with Gasteiger partial charge in [-0.05, 0) is 29.3 Å². The van der Waals surface area contributed by atoms with E-state index in [-0.39, 0.29) is 5.56 Å². The van der Waals surface area contributed by atoms with Crippen LogP contribution in [0.25, 0.3) is 22.2 Å². The van der Waals surface area contributed by atoms with Crippen LogP contribution in [0.15, 0.2) is 46.1 Å². The van der Waals surface area contributed by atoms with Crippen molar-refractivity contribution in [2.45, 2.75) is 0 Å². The summed E-state index contributed by atoms with van der Waals surface area (Å²) in [4.78, 5) is 28.6. The first-order valence-electron chi connectivity index (χ1n) is 6.31. The van der Waals surface area contributed by atoms with Crippen molar-refractivity contribution in [1.29, 1.82) is 0 Å². The van der Waals surface area contributed by atoms with Crippen molar-refractivity contribution in [3.05, 3.63) is 62.4 Å². The van der Waals surface area contributed by atoms with Crippen molar-refractivity contribution >= 4 is 22.6 Å². The first-order chi connectivity index (χ1) is 10.0. The average molecular weight is 302 g/mol. The summed E-state index contributed by atoms with van der Waals surface area (Å²) in [5.41, 5.74) is 1.20. The van der Waals surface area contributed by atoms with Crippen molar-refractivity contribution in [2.75, 3.05) is 0 Å². The van der Waals surface area contributed by atoms with E-state index in [0.717, 1.165) is 15.7 Å². The summed E-state index contributed by atoms with van der Waals surface area (Å²) in [6.07, 6.45) is 1.59. The standard InChI is InChI=1S/C15H12ClN3O2/c1-18-13-12(14(20)19(2)15(18)21)11(7-8-17-13)9-3-5-10(16)6-4-9/h3-8H,1-2H3. The van der Waals surface area contributed by atoms with E-state index in [9.17, 15) is 9.59 Å². The molecule has 0 radical (unpaired) electrons. The highest BCUT2D eigenvalue weighted by Gasteiger charge is 2.14. The largest absolute Gasteiger partial charge is 0.332 e. The number of hydrogen-bond donors (Lipinski definition) is 0.